The Labute approximate surface area is 120 Å². The summed E-state index contributed by atoms with van der Waals surface area (Å²) in [6, 6.07) is 5.77. The molecular formula is C16H24FNS. The van der Waals surface area contributed by atoms with E-state index in [9.17, 15) is 4.39 Å². The highest BCUT2D eigenvalue weighted by molar-refractivity contribution is 8.00. The molecule has 0 amide bonds. The molecule has 1 atom stereocenters. The minimum absolute atomic E-state index is 0.0728. The van der Waals surface area contributed by atoms with Gasteiger partial charge in [-0.15, -0.1) is 11.8 Å². The minimum Gasteiger partial charge on any atom is -0.327 e. The van der Waals surface area contributed by atoms with Gasteiger partial charge in [-0.25, -0.2) is 4.39 Å². The van der Waals surface area contributed by atoms with Gasteiger partial charge >= 0.3 is 0 Å². The van der Waals surface area contributed by atoms with Gasteiger partial charge < -0.3 is 5.73 Å². The number of nitrogens with two attached hydrogens (primary N) is 1. The van der Waals surface area contributed by atoms with Gasteiger partial charge in [0.15, 0.2) is 0 Å². The maximum Gasteiger partial charge on any atom is 0.137 e. The van der Waals surface area contributed by atoms with Crippen molar-refractivity contribution in [3.8, 4) is 0 Å². The lowest BCUT2D eigenvalue weighted by molar-refractivity contribution is 0.514. The van der Waals surface area contributed by atoms with Gasteiger partial charge in [0.25, 0.3) is 0 Å². The molecule has 0 radical (unpaired) electrons. The molecule has 106 valence electrons. The summed E-state index contributed by atoms with van der Waals surface area (Å²) in [6.45, 7) is 2.06. The van der Waals surface area contributed by atoms with Gasteiger partial charge in [-0.3, -0.25) is 0 Å². The van der Waals surface area contributed by atoms with Crippen LogP contribution in [0.5, 0.6) is 0 Å². The van der Waals surface area contributed by atoms with Gasteiger partial charge in [-0.1, -0.05) is 32.3 Å². The molecule has 1 aromatic carbocycles. The number of thioether (sulfide) groups is 1. The largest absolute Gasteiger partial charge is 0.327 e. The summed E-state index contributed by atoms with van der Waals surface area (Å²) in [7, 11) is 0. The second kappa shape index (κ2) is 7.30. The van der Waals surface area contributed by atoms with Crippen LogP contribution in [0.1, 0.15) is 51.0 Å². The molecule has 1 aromatic rings. The van der Waals surface area contributed by atoms with Crippen LogP contribution < -0.4 is 5.73 Å². The normalized spacial score (nSPS) is 18.5. The molecule has 1 unspecified atom stereocenters. The molecule has 0 aromatic heterocycles. The van der Waals surface area contributed by atoms with E-state index in [1.54, 1.807) is 17.8 Å². The quantitative estimate of drug-likeness (QED) is 0.858. The smallest absolute Gasteiger partial charge is 0.137 e. The first kappa shape index (κ1) is 14.9. The molecule has 3 heteroatoms. The molecule has 1 aliphatic rings. The first-order chi connectivity index (χ1) is 9.19. The Morgan fingerprint density at radius 3 is 2.68 bits per heavy atom. The van der Waals surface area contributed by atoms with E-state index in [0.29, 0.717) is 5.25 Å². The molecule has 1 saturated carbocycles. The summed E-state index contributed by atoms with van der Waals surface area (Å²) in [6.07, 6.45) is 8.08. The second-order valence-corrected chi connectivity index (χ2v) is 6.86. The Kier molecular flexibility index (Phi) is 5.71. The Morgan fingerprint density at radius 2 is 2.05 bits per heavy atom. The average Bonchev–Trinajstić information content (AvgIpc) is 2.43. The summed E-state index contributed by atoms with van der Waals surface area (Å²) in [4.78, 5) is 0.806. The highest BCUT2D eigenvalue weighted by Crippen LogP contribution is 2.35. The Bertz CT molecular complexity index is 402. The van der Waals surface area contributed by atoms with Crippen molar-refractivity contribution >= 4 is 11.8 Å². The second-order valence-electron chi connectivity index (χ2n) is 5.52. The lowest BCUT2D eigenvalue weighted by Crippen LogP contribution is -2.21. The first-order valence-corrected chi connectivity index (χ1v) is 8.27. The molecule has 0 heterocycles. The zero-order chi connectivity index (χ0) is 13.7. The maximum atomic E-state index is 14.1. The predicted molar refractivity (Wildman–Crippen MR) is 81.1 cm³/mol. The van der Waals surface area contributed by atoms with E-state index in [4.69, 9.17) is 5.73 Å². The van der Waals surface area contributed by atoms with Gasteiger partial charge in [-0.2, -0.15) is 0 Å². The predicted octanol–water partition coefficient (Wildman–Crippen LogP) is 4.53. The van der Waals surface area contributed by atoms with Crippen LogP contribution in [-0.4, -0.2) is 11.3 Å². The summed E-state index contributed by atoms with van der Waals surface area (Å²) >= 11 is 1.72. The summed E-state index contributed by atoms with van der Waals surface area (Å²) < 4.78 is 14.1. The molecule has 19 heavy (non-hydrogen) atoms. The Balaban J connectivity index is 1.98. The van der Waals surface area contributed by atoms with Crippen molar-refractivity contribution < 1.29 is 4.39 Å². The van der Waals surface area contributed by atoms with E-state index in [0.717, 1.165) is 23.3 Å². The minimum atomic E-state index is -0.0728. The molecule has 0 spiro atoms. The van der Waals surface area contributed by atoms with Crippen molar-refractivity contribution in [2.45, 2.75) is 68.1 Å². The van der Waals surface area contributed by atoms with Crippen molar-refractivity contribution in [3.05, 3.63) is 29.6 Å². The van der Waals surface area contributed by atoms with Crippen molar-refractivity contribution in [1.82, 2.24) is 0 Å². The van der Waals surface area contributed by atoms with Gasteiger partial charge in [0.05, 0.1) is 0 Å². The summed E-state index contributed by atoms with van der Waals surface area (Å²) in [5, 5.41) is 0.604. The first-order valence-electron chi connectivity index (χ1n) is 7.39. The zero-order valence-corrected chi connectivity index (χ0v) is 12.5. The SMILES string of the molecule is CCC(N)Cc1ccc(SC2CCCCC2)c(F)c1. The van der Waals surface area contributed by atoms with Crippen LogP contribution in [0.3, 0.4) is 0 Å². The lowest BCUT2D eigenvalue weighted by atomic mass is 10.0. The van der Waals surface area contributed by atoms with Gasteiger partial charge in [0, 0.05) is 16.2 Å². The molecule has 0 saturated heterocycles. The van der Waals surface area contributed by atoms with Crippen LogP contribution in [0, 0.1) is 5.82 Å². The summed E-state index contributed by atoms with van der Waals surface area (Å²) in [5.74, 6) is -0.0728. The molecule has 0 bridgehead atoms. The molecule has 2 rings (SSSR count). The fourth-order valence-electron chi connectivity index (χ4n) is 2.58. The molecule has 1 nitrogen and oxygen atoms in total. The number of rotatable bonds is 5. The van der Waals surface area contributed by atoms with Crippen molar-refractivity contribution in [2.24, 2.45) is 5.73 Å². The maximum absolute atomic E-state index is 14.1. The molecule has 1 aliphatic carbocycles. The van der Waals surface area contributed by atoms with Crippen molar-refractivity contribution in [2.75, 3.05) is 0 Å². The fourth-order valence-corrected chi connectivity index (χ4v) is 3.82. The van der Waals surface area contributed by atoms with Crippen LogP contribution in [-0.2, 0) is 6.42 Å². The zero-order valence-electron chi connectivity index (χ0n) is 11.7. The number of hydrogen-bond donors (Lipinski definition) is 1. The topological polar surface area (TPSA) is 26.0 Å². The standard InChI is InChI=1S/C16H24FNS/c1-2-13(18)10-12-8-9-16(15(17)11-12)19-14-6-4-3-5-7-14/h8-9,11,13-14H,2-7,10,18H2,1H3. The van der Waals surface area contributed by atoms with Crippen LogP contribution in [0.4, 0.5) is 4.39 Å². The van der Waals surface area contributed by atoms with Crippen LogP contribution in [0.15, 0.2) is 23.1 Å². The third kappa shape index (κ3) is 4.50. The van der Waals surface area contributed by atoms with E-state index in [1.165, 1.54) is 32.1 Å². The fraction of sp³-hybridized carbons (Fsp3) is 0.625. The van der Waals surface area contributed by atoms with Crippen molar-refractivity contribution in [3.63, 3.8) is 0 Å². The number of halogens is 1. The van der Waals surface area contributed by atoms with Crippen LogP contribution in [0.2, 0.25) is 0 Å². The van der Waals surface area contributed by atoms with E-state index in [2.05, 4.69) is 6.92 Å². The van der Waals surface area contributed by atoms with Crippen molar-refractivity contribution in [1.29, 1.82) is 0 Å². The third-order valence-electron chi connectivity index (χ3n) is 3.86. The highest BCUT2D eigenvalue weighted by atomic mass is 32.2. The molecular weight excluding hydrogens is 257 g/mol. The molecule has 2 N–H and O–H groups in total. The van der Waals surface area contributed by atoms with Crippen LogP contribution >= 0.6 is 11.8 Å². The van der Waals surface area contributed by atoms with Gasteiger partial charge in [-0.05, 0) is 43.4 Å². The van der Waals surface area contributed by atoms with Crippen LogP contribution in [0.25, 0.3) is 0 Å². The lowest BCUT2D eigenvalue weighted by Gasteiger charge is -2.21. The number of benzene rings is 1. The van der Waals surface area contributed by atoms with E-state index < -0.39 is 0 Å². The average molecular weight is 281 g/mol. The Morgan fingerprint density at radius 1 is 1.32 bits per heavy atom. The van der Waals surface area contributed by atoms with Gasteiger partial charge in [0.2, 0.25) is 0 Å². The monoisotopic (exact) mass is 281 g/mol. The Hall–Kier alpha value is -0.540. The van der Waals surface area contributed by atoms with E-state index >= 15 is 0 Å². The third-order valence-corrected chi connectivity index (χ3v) is 5.25. The molecule has 0 aliphatic heterocycles. The number of hydrogen-bond acceptors (Lipinski definition) is 2. The molecule has 1 fully saturated rings. The summed E-state index contributed by atoms with van der Waals surface area (Å²) in [5.41, 5.74) is 6.93. The van der Waals surface area contributed by atoms with E-state index in [-0.39, 0.29) is 11.9 Å². The van der Waals surface area contributed by atoms with E-state index in [1.807, 2.05) is 12.1 Å². The van der Waals surface area contributed by atoms with Gasteiger partial charge in [0.1, 0.15) is 5.82 Å². The highest BCUT2D eigenvalue weighted by Gasteiger charge is 2.16.